The van der Waals surface area contributed by atoms with Crippen molar-refractivity contribution in [2.24, 2.45) is 5.73 Å². The van der Waals surface area contributed by atoms with E-state index in [1.165, 1.54) is 0 Å². The molecule has 2 aromatic rings. The van der Waals surface area contributed by atoms with Gasteiger partial charge in [0, 0.05) is 0 Å². The summed E-state index contributed by atoms with van der Waals surface area (Å²) >= 11 is 0. The molecule has 17 heavy (non-hydrogen) atoms. The summed E-state index contributed by atoms with van der Waals surface area (Å²) in [6.07, 6.45) is 0. The number of hydrogen-bond donors (Lipinski definition) is 1. The van der Waals surface area contributed by atoms with Crippen molar-refractivity contribution >= 4 is 16.7 Å². The van der Waals surface area contributed by atoms with E-state index in [-0.39, 0.29) is 5.91 Å². The second-order valence-electron chi connectivity index (χ2n) is 4.47. The summed E-state index contributed by atoms with van der Waals surface area (Å²) in [5.74, 6) is -0.305. The number of amides is 1. The van der Waals surface area contributed by atoms with Crippen molar-refractivity contribution in [2.45, 2.75) is 5.41 Å². The molecule has 3 rings (SSSR count). The Morgan fingerprint density at radius 1 is 1.12 bits per heavy atom. The quantitative estimate of drug-likeness (QED) is 0.847. The van der Waals surface area contributed by atoms with Crippen LogP contribution in [0.2, 0.25) is 0 Å². The zero-order chi connectivity index (χ0) is 11.9. The topological polar surface area (TPSA) is 52.3 Å². The van der Waals surface area contributed by atoms with Gasteiger partial charge < -0.3 is 10.5 Å². The lowest BCUT2D eigenvalue weighted by molar-refractivity contribution is -0.141. The molecule has 0 unspecified atom stereocenters. The van der Waals surface area contributed by atoms with E-state index in [9.17, 15) is 4.79 Å². The second kappa shape index (κ2) is 3.57. The Labute approximate surface area is 99.2 Å². The summed E-state index contributed by atoms with van der Waals surface area (Å²) in [4.78, 5) is 11.7. The molecule has 0 aromatic heterocycles. The van der Waals surface area contributed by atoms with Gasteiger partial charge in [-0.2, -0.15) is 0 Å². The average molecular weight is 227 g/mol. The van der Waals surface area contributed by atoms with Crippen molar-refractivity contribution in [3.05, 3.63) is 48.0 Å². The predicted molar refractivity (Wildman–Crippen MR) is 65.6 cm³/mol. The summed E-state index contributed by atoms with van der Waals surface area (Å²) in [6, 6.07) is 14.0. The summed E-state index contributed by atoms with van der Waals surface area (Å²) in [5, 5.41) is 2.20. The van der Waals surface area contributed by atoms with Crippen molar-refractivity contribution in [3.8, 4) is 0 Å². The normalized spacial score (nSPS) is 17.6. The van der Waals surface area contributed by atoms with Crippen LogP contribution in [-0.2, 0) is 14.9 Å². The number of fused-ring (bicyclic) bond motifs is 1. The molecule has 1 aliphatic rings. The molecule has 1 fully saturated rings. The van der Waals surface area contributed by atoms with Crippen LogP contribution in [0.4, 0.5) is 0 Å². The van der Waals surface area contributed by atoms with E-state index in [2.05, 4.69) is 0 Å². The molecule has 0 radical (unpaired) electrons. The predicted octanol–water partition coefficient (Wildman–Crippen LogP) is 1.59. The lowest BCUT2D eigenvalue weighted by atomic mass is 9.76. The average Bonchev–Trinajstić information content (AvgIpc) is 2.27. The van der Waals surface area contributed by atoms with Gasteiger partial charge in [0.1, 0.15) is 5.41 Å². The molecule has 2 N–H and O–H groups in total. The molecular formula is C14H13NO2. The van der Waals surface area contributed by atoms with Crippen molar-refractivity contribution in [1.29, 1.82) is 0 Å². The number of rotatable bonds is 2. The van der Waals surface area contributed by atoms with Crippen molar-refractivity contribution in [3.63, 3.8) is 0 Å². The number of benzene rings is 2. The molecule has 3 nitrogen and oxygen atoms in total. The molecule has 0 atom stereocenters. The molecule has 2 aromatic carbocycles. The lowest BCUT2D eigenvalue weighted by Crippen LogP contribution is -2.56. The van der Waals surface area contributed by atoms with Crippen LogP contribution in [-0.4, -0.2) is 19.1 Å². The van der Waals surface area contributed by atoms with Crippen molar-refractivity contribution in [1.82, 2.24) is 0 Å². The first kappa shape index (κ1) is 10.3. The van der Waals surface area contributed by atoms with Crippen molar-refractivity contribution < 1.29 is 9.53 Å². The van der Waals surface area contributed by atoms with Crippen LogP contribution < -0.4 is 5.73 Å². The Hall–Kier alpha value is -1.87. The van der Waals surface area contributed by atoms with Gasteiger partial charge in [-0.1, -0.05) is 42.5 Å². The van der Waals surface area contributed by atoms with Crippen LogP contribution in [0.25, 0.3) is 10.8 Å². The van der Waals surface area contributed by atoms with E-state index in [1.54, 1.807) is 0 Å². The zero-order valence-electron chi connectivity index (χ0n) is 9.35. The third-order valence-corrected chi connectivity index (χ3v) is 3.47. The fourth-order valence-electron chi connectivity index (χ4n) is 2.38. The van der Waals surface area contributed by atoms with E-state index < -0.39 is 5.41 Å². The van der Waals surface area contributed by atoms with Gasteiger partial charge in [-0.25, -0.2) is 0 Å². The van der Waals surface area contributed by atoms with Gasteiger partial charge in [-0.3, -0.25) is 4.79 Å². The lowest BCUT2D eigenvalue weighted by Gasteiger charge is -2.39. The summed E-state index contributed by atoms with van der Waals surface area (Å²) in [5.41, 5.74) is 5.88. The smallest absolute Gasteiger partial charge is 0.232 e. The number of carbonyl (C=O) groups excluding carboxylic acids is 1. The fraction of sp³-hybridized carbons (Fsp3) is 0.214. The van der Waals surface area contributed by atoms with Crippen LogP contribution in [0.5, 0.6) is 0 Å². The number of ether oxygens (including phenoxy) is 1. The molecule has 0 spiro atoms. The summed E-state index contributed by atoms with van der Waals surface area (Å²) < 4.78 is 5.20. The van der Waals surface area contributed by atoms with E-state index in [0.29, 0.717) is 13.2 Å². The van der Waals surface area contributed by atoms with Crippen LogP contribution in [0.3, 0.4) is 0 Å². The zero-order valence-corrected chi connectivity index (χ0v) is 9.35. The highest BCUT2D eigenvalue weighted by Crippen LogP contribution is 2.36. The van der Waals surface area contributed by atoms with Crippen LogP contribution >= 0.6 is 0 Å². The SMILES string of the molecule is NC(=O)C1(c2cccc3ccccc23)COC1. The van der Waals surface area contributed by atoms with Gasteiger partial charge in [-0.15, -0.1) is 0 Å². The molecule has 86 valence electrons. The third kappa shape index (κ3) is 1.36. The van der Waals surface area contributed by atoms with E-state index in [1.807, 2.05) is 42.5 Å². The fourth-order valence-corrected chi connectivity index (χ4v) is 2.38. The highest BCUT2D eigenvalue weighted by Gasteiger charge is 2.46. The maximum Gasteiger partial charge on any atom is 0.232 e. The highest BCUT2D eigenvalue weighted by atomic mass is 16.5. The summed E-state index contributed by atoms with van der Waals surface area (Å²) in [6.45, 7) is 0.771. The first-order valence-corrected chi connectivity index (χ1v) is 5.60. The number of carbonyl (C=O) groups is 1. The maximum atomic E-state index is 11.7. The van der Waals surface area contributed by atoms with Crippen LogP contribution in [0.15, 0.2) is 42.5 Å². The monoisotopic (exact) mass is 227 g/mol. The first-order chi connectivity index (χ1) is 8.24. The Kier molecular flexibility index (Phi) is 2.16. The third-order valence-electron chi connectivity index (χ3n) is 3.47. The Morgan fingerprint density at radius 2 is 1.82 bits per heavy atom. The van der Waals surface area contributed by atoms with E-state index in [0.717, 1.165) is 16.3 Å². The first-order valence-electron chi connectivity index (χ1n) is 5.60. The van der Waals surface area contributed by atoms with Gasteiger partial charge in [0.25, 0.3) is 0 Å². The molecule has 1 amide bonds. The Balaban J connectivity index is 2.27. The number of primary amides is 1. The van der Waals surface area contributed by atoms with Crippen LogP contribution in [0.1, 0.15) is 5.56 Å². The Bertz CT molecular complexity index is 582. The van der Waals surface area contributed by atoms with E-state index in [4.69, 9.17) is 10.5 Å². The van der Waals surface area contributed by atoms with E-state index >= 15 is 0 Å². The molecule has 1 saturated heterocycles. The molecule has 1 aliphatic heterocycles. The van der Waals surface area contributed by atoms with Crippen LogP contribution in [0, 0.1) is 0 Å². The minimum Gasteiger partial charge on any atom is -0.378 e. The molecule has 1 heterocycles. The second-order valence-corrected chi connectivity index (χ2v) is 4.47. The minimum absolute atomic E-state index is 0.305. The molecule has 0 aliphatic carbocycles. The molecule has 0 bridgehead atoms. The molecule has 3 heteroatoms. The van der Waals surface area contributed by atoms with Gasteiger partial charge in [0.05, 0.1) is 13.2 Å². The largest absolute Gasteiger partial charge is 0.378 e. The van der Waals surface area contributed by atoms with Gasteiger partial charge in [0.2, 0.25) is 5.91 Å². The summed E-state index contributed by atoms with van der Waals surface area (Å²) in [7, 11) is 0. The number of hydrogen-bond acceptors (Lipinski definition) is 2. The standard InChI is InChI=1S/C14H13NO2/c15-13(16)14(8-17-9-14)12-7-3-5-10-4-1-2-6-11(10)12/h1-7H,8-9H2,(H2,15,16). The number of nitrogens with two attached hydrogens (primary N) is 1. The molecular weight excluding hydrogens is 214 g/mol. The minimum atomic E-state index is -0.638. The van der Waals surface area contributed by atoms with Gasteiger partial charge in [-0.05, 0) is 16.3 Å². The van der Waals surface area contributed by atoms with Gasteiger partial charge in [0.15, 0.2) is 0 Å². The Morgan fingerprint density at radius 3 is 2.47 bits per heavy atom. The maximum absolute atomic E-state index is 11.7. The highest BCUT2D eigenvalue weighted by molar-refractivity contribution is 5.96. The van der Waals surface area contributed by atoms with Crippen molar-refractivity contribution in [2.75, 3.05) is 13.2 Å². The molecule has 0 saturated carbocycles. The van der Waals surface area contributed by atoms with Gasteiger partial charge >= 0.3 is 0 Å².